The summed E-state index contributed by atoms with van der Waals surface area (Å²) in [5.74, 6) is 0. The molecule has 0 fully saturated rings. The van der Waals surface area contributed by atoms with Crippen molar-refractivity contribution in [2.45, 2.75) is 59.5 Å². The topological polar surface area (TPSA) is 67.2 Å². The molecule has 1 aromatic rings. The smallest absolute Gasteiger partial charge is 0.316 e. The average Bonchev–Trinajstić information content (AvgIpc) is 2.24. The van der Waals surface area contributed by atoms with Crippen LogP contribution in [0.15, 0.2) is 24.3 Å². The molecule has 2 amide bonds. The third kappa shape index (κ3) is 6.63. The Balaban J connectivity index is 2.71. The number of benzene rings is 1. The van der Waals surface area contributed by atoms with Crippen molar-refractivity contribution in [2.24, 2.45) is 11.1 Å². The molecule has 4 nitrogen and oxygen atoms in total. The Bertz CT molecular complexity index is 472. The molecule has 4 N–H and O–H groups in total. The third-order valence-electron chi connectivity index (χ3n) is 3.26. The van der Waals surface area contributed by atoms with Gasteiger partial charge in [0.15, 0.2) is 0 Å². The summed E-state index contributed by atoms with van der Waals surface area (Å²) in [4.78, 5) is 10.8. The molecular formula is C17H29N3O. The number of rotatable bonds is 5. The van der Waals surface area contributed by atoms with Gasteiger partial charge in [0.25, 0.3) is 0 Å². The Labute approximate surface area is 128 Å². The van der Waals surface area contributed by atoms with Crippen LogP contribution < -0.4 is 16.4 Å². The number of carbonyl (C=O) groups is 1. The van der Waals surface area contributed by atoms with Gasteiger partial charge in [-0.05, 0) is 50.3 Å². The van der Waals surface area contributed by atoms with E-state index in [0.717, 1.165) is 6.42 Å². The fraction of sp³-hybridized carbons (Fsp3) is 0.588. The van der Waals surface area contributed by atoms with Gasteiger partial charge in [0.1, 0.15) is 0 Å². The van der Waals surface area contributed by atoms with E-state index >= 15 is 0 Å². The average molecular weight is 291 g/mol. The van der Waals surface area contributed by atoms with Crippen LogP contribution in [0.3, 0.4) is 0 Å². The van der Waals surface area contributed by atoms with E-state index in [2.05, 4.69) is 52.2 Å². The monoisotopic (exact) mass is 291 g/mol. The van der Waals surface area contributed by atoms with Crippen molar-refractivity contribution in [3.05, 3.63) is 29.8 Å². The molecule has 118 valence electrons. The summed E-state index contributed by atoms with van der Waals surface area (Å²) in [5.41, 5.74) is 7.34. The van der Waals surface area contributed by atoms with E-state index in [1.807, 2.05) is 24.3 Å². The highest BCUT2D eigenvalue weighted by atomic mass is 16.2. The SMILES string of the molecule is CC(NC(C)(C)CC(C)(C)C)c1ccc(NC(N)=O)cc1. The zero-order chi connectivity index (χ0) is 16.3. The van der Waals surface area contributed by atoms with E-state index in [0.29, 0.717) is 5.69 Å². The number of primary amides is 1. The Morgan fingerprint density at radius 3 is 2.10 bits per heavy atom. The molecule has 4 heteroatoms. The molecule has 0 spiro atoms. The zero-order valence-electron chi connectivity index (χ0n) is 14.1. The lowest BCUT2D eigenvalue weighted by Crippen LogP contribution is -2.43. The van der Waals surface area contributed by atoms with E-state index in [1.54, 1.807) is 0 Å². The zero-order valence-corrected chi connectivity index (χ0v) is 14.1. The van der Waals surface area contributed by atoms with Gasteiger partial charge in [-0.3, -0.25) is 0 Å². The summed E-state index contributed by atoms with van der Waals surface area (Å²) < 4.78 is 0. The van der Waals surface area contributed by atoms with Gasteiger partial charge in [0.05, 0.1) is 0 Å². The predicted octanol–water partition coefficient (Wildman–Crippen LogP) is 4.04. The second-order valence-corrected chi connectivity index (χ2v) is 7.60. The summed E-state index contributed by atoms with van der Waals surface area (Å²) in [6.45, 7) is 13.4. The standard InChI is InChI=1S/C17H29N3O/c1-12(20-17(5,6)11-16(2,3)4)13-7-9-14(10-8-13)19-15(18)21/h7-10,12,20H,11H2,1-6H3,(H3,18,19,21). The summed E-state index contributed by atoms with van der Waals surface area (Å²) >= 11 is 0. The molecule has 21 heavy (non-hydrogen) atoms. The summed E-state index contributed by atoms with van der Waals surface area (Å²) in [6.07, 6.45) is 1.09. The van der Waals surface area contributed by atoms with Crippen LogP contribution >= 0.6 is 0 Å². The van der Waals surface area contributed by atoms with E-state index in [1.165, 1.54) is 5.56 Å². The molecule has 1 atom stereocenters. The highest BCUT2D eigenvalue weighted by Gasteiger charge is 2.26. The molecular weight excluding hydrogens is 262 g/mol. The minimum absolute atomic E-state index is 0.0574. The van der Waals surface area contributed by atoms with Crippen molar-refractivity contribution in [3.63, 3.8) is 0 Å². The Morgan fingerprint density at radius 2 is 1.67 bits per heavy atom. The maximum absolute atomic E-state index is 10.8. The van der Waals surface area contributed by atoms with Crippen molar-refractivity contribution < 1.29 is 4.79 Å². The Hall–Kier alpha value is -1.55. The highest BCUT2D eigenvalue weighted by Crippen LogP contribution is 2.29. The molecule has 1 aromatic carbocycles. The number of amides is 2. The largest absolute Gasteiger partial charge is 0.351 e. The number of nitrogens with one attached hydrogen (secondary N) is 2. The van der Waals surface area contributed by atoms with Crippen molar-refractivity contribution in [1.82, 2.24) is 5.32 Å². The van der Waals surface area contributed by atoms with Gasteiger partial charge in [-0.15, -0.1) is 0 Å². The second kappa shape index (κ2) is 6.48. The molecule has 0 radical (unpaired) electrons. The molecule has 0 heterocycles. The van der Waals surface area contributed by atoms with Gasteiger partial charge in [0, 0.05) is 17.3 Å². The molecule has 0 aliphatic carbocycles. The second-order valence-electron chi connectivity index (χ2n) is 7.60. The number of hydrogen-bond donors (Lipinski definition) is 3. The van der Waals surface area contributed by atoms with Gasteiger partial charge in [0.2, 0.25) is 0 Å². The number of urea groups is 1. The van der Waals surface area contributed by atoms with E-state index in [-0.39, 0.29) is 17.0 Å². The summed E-state index contributed by atoms with van der Waals surface area (Å²) in [6, 6.07) is 7.46. The van der Waals surface area contributed by atoms with Gasteiger partial charge in [-0.1, -0.05) is 32.9 Å². The first-order chi connectivity index (χ1) is 9.48. The van der Waals surface area contributed by atoms with Gasteiger partial charge >= 0.3 is 6.03 Å². The van der Waals surface area contributed by atoms with Crippen LogP contribution in [0.4, 0.5) is 10.5 Å². The lowest BCUT2D eigenvalue weighted by Gasteiger charge is -2.36. The molecule has 0 aliphatic rings. The van der Waals surface area contributed by atoms with Crippen molar-refractivity contribution in [2.75, 3.05) is 5.32 Å². The van der Waals surface area contributed by atoms with Crippen LogP contribution in [0.1, 0.15) is 59.6 Å². The number of nitrogens with two attached hydrogens (primary N) is 1. The predicted molar refractivity (Wildman–Crippen MR) is 89.3 cm³/mol. The first-order valence-corrected chi connectivity index (χ1v) is 7.43. The van der Waals surface area contributed by atoms with E-state index in [9.17, 15) is 4.79 Å². The fourth-order valence-corrected chi connectivity index (χ4v) is 3.04. The molecule has 1 rings (SSSR count). The van der Waals surface area contributed by atoms with Crippen molar-refractivity contribution in [1.29, 1.82) is 0 Å². The van der Waals surface area contributed by atoms with Crippen LogP contribution in [-0.4, -0.2) is 11.6 Å². The van der Waals surface area contributed by atoms with E-state index in [4.69, 9.17) is 5.73 Å². The number of anilines is 1. The molecule has 0 saturated heterocycles. The fourth-order valence-electron chi connectivity index (χ4n) is 3.04. The van der Waals surface area contributed by atoms with Gasteiger partial charge in [-0.25, -0.2) is 4.79 Å². The molecule has 0 bridgehead atoms. The van der Waals surface area contributed by atoms with Gasteiger partial charge in [-0.2, -0.15) is 0 Å². The Morgan fingerprint density at radius 1 is 1.14 bits per heavy atom. The van der Waals surface area contributed by atoms with Gasteiger partial charge < -0.3 is 16.4 Å². The first kappa shape index (κ1) is 17.5. The minimum Gasteiger partial charge on any atom is -0.351 e. The summed E-state index contributed by atoms with van der Waals surface area (Å²) in [7, 11) is 0. The molecule has 0 aliphatic heterocycles. The van der Waals surface area contributed by atoms with Crippen LogP contribution in [-0.2, 0) is 0 Å². The maximum Gasteiger partial charge on any atom is 0.316 e. The summed E-state index contributed by atoms with van der Waals surface area (Å²) in [5, 5.41) is 6.25. The normalized spacial score (nSPS) is 13.8. The molecule has 0 saturated carbocycles. The maximum atomic E-state index is 10.8. The van der Waals surface area contributed by atoms with Crippen LogP contribution in [0.5, 0.6) is 0 Å². The lowest BCUT2D eigenvalue weighted by molar-refractivity contribution is 0.227. The number of hydrogen-bond acceptors (Lipinski definition) is 2. The van der Waals surface area contributed by atoms with Crippen molar-refractivity contribution in [3.8, 4) is 0 Å². The van der Waals surface area contributed by atoms with Crippen LogP contribution in [0, 0.1) is 5.41 Å². The third-order valence-corrected chi connectivity index (χ3v) is 3.26. The van der Waals surface area contributed by atoms with Crippen molar-refractivity contribution >= 4 is 11.7 Å². The molecule has 0 aromatic heterocycles. The lowest BCUT2D eigenvalue weighted by atomic mass is 9.81. The minimum atomic E-state index is -0.541. The van der Waals surface area contributed by atoms with Crippen LogP contribution in [0.2, 0.25) is 0 Å². The first-order valence-electron chi connectivity index (χ1n) is 7.43. The quantitative estimate of drug-likeness (QED) is 0.766. The highest BCUT2D eigenvalue weighted by molar-refractivity contribution is 5.87. The van der Waals surface area contributed by atoms with E-state index < -0.39 is 6.03 Å². The number of carbonyl (C=O) groups excluding carboxylic acids is 1. The van der Waals surface area contributed by atoms with Crippen LogP contribution in [0.25, 0.3) is 0 Å². The molecule has 1 unspecified atom stereocenters. The Kier molecular flexibility index (Phi) is 5.40.